The van der Waals surface area contributed by atoms with E-state index in [2.05, 4.69) is 11.4 Å². The van der Waals surface area contributed by atoms with Crippen molar-refractivity contribution in [2.24, 2.45) is 0 Å². The number of carbonyl (C=O) groups excluding carboxylic acids is 2. The standard InChI is InChI=1S/C21H23N3O3S/c1-14(15-5-3-2-4-6-15)11-19(26)23-21-17(12-22)16-7-9-24(13-18(16)28-21)20(27)8-10-25/h2-6,14,25H,7-11,13H2,1H3,(H,23,26). The van der Waals surface area contributed by atoms with E-state index in [4.69, 9.17) is 5.11 Å². The summed E-state index contributed by atoms with van der Waals surface area (Å²) in [6, 6.07) is 12.1. The summed E-state index contributed by atoms with van der Waals surface area (Å²) in [5.41, 5.74) is 2.53. The van der Waals surface area contributed by atoms with Gasteiger partial charge in [-0.15, -0.1) is 11.3 Å². The van der Waals surface area contributed by atoms with Crippen LogP contribution in [0.1, 0.15) is 47.3 Å². The summed E-state index contributed by atoms with van der Waals surface area (Å²) in [6.45, 7) is 2.78. The molecular formula is C21H23N3O3S. The summed E-state index contributed by atoms with van der Waals surface area (Å²) in [6.07, 6.45) is 1.02. The van der Waals surface area contributed by atoms with Crippen LogP contribution in [0.15, 0.2) is 30.3 Å². The van der Waals surface area contributed by atoms with Gasteiger partial charge in [-0.05, 0) is 23.5 Å². The Morgan fingerprint density at radius 1 is 1.36 bits per heavy atom. The van der Waals surface area contributed by atoms with E-state index < -0.39 is 0 Å². The normalized spacial score (nSPS) is 14.1. The lowest BCUT2D eigenvalue weighted by Gasteiger charge is -2.26. The number of nitriles is 1. The van der Waals surface area contributed by atoms with E-state index in [1.165, 1.54) is 11.3 Å². The minimum atomic E-state index is -0.170. The van der Waals surface area contributed by atoms with Crippen molar-refractivity contribution in [1.29, 1.82) is 5.26 Å². The van der Waals surface area contributed by atoms with Crippen LogP contribution in [0.5, 0.6) is 0 Å². The molecule has 3 rings (SSSR count). The van der Waals surface area contributed by atoms with Gasteiger partial charge in [-0.1, -0.05) is 37.3 Å². The maximum atomic E-state index is 12.5. The first-order valence-electron chi connectivity index (χ1n) is 9.31. The molecule has 6 nitrogen and oxygen atoms in total. The molecule has 1 unspecified atom stereocenters. The van der Waals surface area contributed by atoms with Gasteiger partial charge in [0.15, 0.2) is 0 Å². The van der Waals surface area contributed by atoms with Crippen molar-refractivity contribution >= 4 is 28.2 Å². The first kappa shape index (κ1) is 20.1. The highest BCUT2D eigenvalue weighted by Gasteiger charge is 2.27. The molecule has 7 heteroatoms. The van der Waals surface area contributed by atoms with Gasteiger partial charge in [0, 0.05) is 24.3 Å². The van der Waals surface area contributed by atoms with E-state index in [1.807, 2.05) is 37.3 Å². The summed E-state index contributed by atoms with van der Waals surface area (Å²) >= 11 is 1.37. The number of fused-ring (bicyclic) bond motifs is 1. The van der Waals surface area contributed by atoms with Gasteiger partial charge in [-0.2, -0.15) is 5.26 Å². The third kappa shape index (κ3) is 4.41. The third-order valence-electron chi connectivity index (χ3n) is 4.96. The Morgan fingerprint density at radius 3 is 2.79 bits per heavy atom. The van der Waals surface area contributed by atoms with Crippen LogP contribution in [0.25, 0.3) is 0 Å². The van der Waals surface area contributed by atoms with Gasteiger partial charge in [0.2, 0.25) is 11.8 Å². The van der Waals surface area contributed by atoms with Crippen molar-refractivity contribution in [3.05, 3.63) is 51.9 Å². The van der Waals surface area contributed by atoms with Gasteiger partial charge in [-0.25, -0.2) is 0 Å². The minimum absolute atomic E-state index is 0.0768. The number of nitrogens with zero attached hydrogens (tertiary/aromatic N) is 2. The van der Waals surface area contributed by atoms with Crippen molar-refractivity contribution in [1.82, 2.24) is 4.90 Å². The Labute approximate surface area is 168 Å². The zero-order chi connectivity index (χ0) is 20.1. The number of rotatable bonds is 6. The van der Waals surface area contributed by atoms with Crippen molar-refractivity contribution in [3.8, 4) is 6.07 Å². The smallest absolute Gasteiger partial charge is 0.225 e. The van der Waals surface area contributed by atoms with Gasteiger partial charge in [0.05, 0.1) is 18.7 Å². The van der Waals surface area contributed by atoms with Crippen LogP contribution in [0.3, 0.4) is 0 Å². The lowest BCUT2D eigenvalue weighted by atomic mass is 9.97. The van der Waals surface area contributed by atoms with Crippen LogP contribution in [-0.2, 0) is 22.6 Å². The molecule has 2 heterocycles. The maximum absolute atomic E-state index is 12.5. The van der Waals surface area contributed by atoms with Crippen LogP contribution < -0.4 is 5.32 Å². The van der Waals surface area contributed by atoms with Gasteiger partial charge < -0.3 is 15.3 Å². The first-order valence-corrected chi connectivity index (χ1v) is 10.1. The van der Waals surface area contributed by atoms with Crippen molar-refractivity contribution in [3.63, 3.8) is 0 Å². The van der Waals surface area contributed by atoms with Crippen LogP contribution >= 0.6 is 11.3 Å². The second-order valence-electron chi connectivity index (χ2n) is 6.92. The van der Waals surface area contributed by atoms with E-state index in [0.29, 0.717) is 36.5 Å². The fourth-order valence-electron chi connectivity index (χ4n) is 3.43. The third-order valence-corrected chi connectivity index (χ3v) is 6.09. The lowest BCUT2D eigenvalue weighted by molar-refractivity contribution is -0.132. The number of hydrogen-bond donors (Lipinski definition) is 2. The molecule has 0 saturated carbocycles. The first-order chi connectivity index (χ1) is 13.5. The van der Waals surface area contributed by atoms with Gasteiger partial charge in [-0.3, -0.25) is 9.59 Å². The molecule has 0 aliphatic carbocycles. The zero-order valence-corrected chi connectivity index (χ0v) is 16.6. The molecule has 1 aliphatic rings. The van der Waals surface area contributed by atoms with Crippen LogP contribution in [0, 0.1) is 11.3 Å². The molecule has 28 heavy (non-hydrogen) atoms. The average molecular weight is 398 g/mol. The van der Waals surface area contributed by atoms with Gasteiger partial charge >= 0.3 is 0 Å². The SMILES string of the molecule is CC(CC(=O)Nc1sc2c(c1C#N)CCN(C(=O)CCO)C2)c1ccccc1. The summed E-state index contributed by atoms with van der Waals surface area (Å²) in [4.78, 5) is 27.2. The zero-order valence-electron chi connectivity index (χ0n) is 15.8. The number of benzene rings is 1. The molecule has 0 fully saturated rings. The van der Waals surface area contributed by atoms with E-state index in [-0.39, 0.29) is 30.8 Å². The van der Waals surface area contributed by atoms with Crippen molar-refractivity contribution < 1.29 is 14.7 Å². The monoisotopic (exact) mass is 397 g/mol. The quantitative estimate of drug-likeness (QED) is 0.783. The van der Waals surface area contributed by atoms with Gasteiger partial charge in [0.1, 0.15) is 11.1 Å². The topological polar surface area (TPSA) is 93.4 Å². The number of anilines is 1. The Bertz CT molecular complexity index is 902. The second-order valence-corrected chi connectivity index (χ2v) is 8.03. The minimum Gasteiger partial charge on any atom is -0.396 e. The number of thiophene rings is 1. The molecule has 1 aromatic heterocycles. The van der Waals surface area contributed by atoms with Crippen molar-refractivity contribution in [2.75, 3.05) is 18.5 Å². The summed E-state index contributed by atoms with van der Waals surface area (Å²) in [5, 5.41) is 22.0. The maximum Gasteiger partial charge on any atom is 0.225 e. The number of aliphatic hydroxyl groups excluding tert-OH is 1. The van der Waals surface area contributed by atoms with Gasteiger partial charge in [0.25, 0.3) is 0 Å². The van der Waals surface area contributed by atoms with E-state index in [9.17, 15) is 14.9 Å². The second kappa shape index (κ2) is 9.00. The summed E-state index contributed by atoms with van der Waals surface area (Å²) in [7, 11) is 0. The Kier molecular flexibility index (Phi) is 6.45. The number of amides is 2. The van der Waals surface area contributed by atoms with Crippen LogP contribution in [0.4, 0.5) is 5.00 Å². The van der Waals surface area contributed by atoms with E-state index >= 15 is 0 Å². The lowest BCUT2D eigenvalue weighted by Crippen LogP contribution is -2.35. The molecule has 2 amide bonds. The number of aliphatic hydroxyl groups is 1. The molecule has 0 bridgehead atoms. The fraction of sp³-hybridized carbons (Fsp3) is 0.381. The van der Waals surface area contributed by atoms with E-state index in [1.54, 1.807) is 4.90 Å². The van der Waals surface area contributed by atoms with Crippen LogP contribution in [0.2, 0.25) is 0 Å². The van der Waals surface area contributed by atoms with Crippen LogP contribution in [-0.4, -0.2) is 35.0 Å². The number of nitrogens with one attached hydrogen (secondary N) is 1. The summed E-state index contributed by atoms with van der Waals surface area (Å²) in [5.74, 6) is -0.144. The highest BCUT2D eigenvalue weighted by molar-refractivity contribution is 7.16. The molecule has 1 aliphatic heterocycles. The Morgan fingerprint density at radius 2 is 2.11 bits per heavy atom. The number of hydrogen-bond acceptors (Lipinski definition) is 5. The molecule has 2 N–H and O–H groups in total. The van der Waals surface area contributed by atoms with Crippen molar-refractivity contribution in [2.45, 2.75) is 38.6 Å². The van der Waals surface area contributed by atoms with E-state index in [0.717, 1.165) is 16.0 Å². The molecule has 0 radical (unpaired) electrons. The molecule has 146 valence electrons. The predicted molar refractivity (Wildman–Crippen MR) is 108 cm³/mol. The molecule has 0 saturated heterocycles. The number of carbonyl (C=O) groups is 2. The molecule has 1 atom stereocenters. The Hall–Kier alpha value is -2.69. The highest BCUT2D eigenvalue weighted by atomic mass is 32.1. The molecule has 1 aromatic carbocycles. The summed E-state index contributed by atoms with van der Waals surface area (Å²) < 4.78 is 0. The fourth-order valence-corrected chi connectivity index (χ4v) is 4.66. The molecule has 2 aromatic rings. The Balaban J connectivity index is 1.71. The highest BCUT2D eigenvalue weighted by Crippen LogP contribution is 2.37. The molecule has 0 spiro atoms. The average Bonchev–Trinajstić information content (AvgIpc) is 3.04. The molecular weight excluding hydrogens is 374 g/mol. The largest absolute Gasteiger partial charge is 0.396 e. The predicted octanol–water partition coefficient (Wildman–Crippen LogP) is 3.02.